The number of hydrogen-bond acceptors (Lipinski definition) is 6. The summed E-state index contributed by atoms with van der Waals surface area (Å²) >= 11 is 0. The monoisotopic (exact) mass is 420 g/mol. The van der Waals surface area contributed by atoms with Crippen molar-refractivity contribution in [3.8, 4) is 0 Å². The van der Waals surface area contributed by atoms with Crippen molar-refractivity contribution >= 4 is 17.5 Å². The summed E-state index contributed by atoms with van der Waals surface area (Å²) in [6.07, 6.45) is -5.20. The average molecular weight is 420 g/mol. The molecule has 0 aromatic carbocycles. The van der Waals surface area contributed by atoms with E-state index in [9.17, 15) is 27.2 Å². The number of halogens is 4. The molecule has 1 saturated heterocycles. The SMILES string of the molecule is CC(C)C(=O)CN1CCC(C(F)(F)F)n2c1nc(N1CCOC[C@H]1C)c(F)c2=O. The van der Waals surface area contributed by atoms with E-state index in [1.54, 1.807) is 20.8 Å². The van der Waals surface area contributed by atoms with Gasteiger partial charge in [0, 0.05) is 19.0 Å². The molecule has 7 nitrogen and oxygen atoms in total. The van der Waals surface area contributed by atoms with E-state index in [1.165, 1.54) is 9.80 Å². The Morgan fingerprint density at radius 2 is 2.00 bits per heavy atom. The molecule has 1 aromatic heterocycles. The lowest BCUT2D eigenvalue weighted by Gasteiger charge is -2.39. The third kappa shape index (κ3) is 4.10. The first-order valence-corrected chi connectivity index (χ1v) is 9.53. The van der Waals surface area contributed by atoms with Crippen LogP contribution in [0.2, 0.25) is 0 Å². The molecule has 1 aromatic rings. The quantitative estimate of drug-likeness (QED) is 0.696. The Hall–Kier alpha value is -2.17. The minimum Gasteiger partial charge on any atom is -0.377 e. The molecule has 2 aliphatic rings. The molecule has 3 heterocycles. The van der Waals surface area contributed by atoms with Gasteiger partial charge in [-0.15, -0.1) is 0 Å². The van der Waals surface area contributed by atoms with Crippen LogP contribution in [-0.4, -0.2) is 60.4 Å². The highest BCUT2D eigenvalue weighted by Gasteiger charge is 2.47. The Bertz CT molecular complexity index is 840. The molecule has 1 fully saturated rings. The van der Waals surface area contributed by atoms with E-state index >= 15 is 0 Å². The summed E-state index contributed by atoms with van der Waals surface area (Å²) in [4.78, 5) is 31.9. The highest BCUT2D eigenvalue weighted by molar-refractivity contribution is 5.84. The largest absolute Gasteiger partial charge is 0.409 e. The molecule has 0 radical (unpaired) electrons. The van der Waals surface area contributed by atoms with Gasteiger partial charge in [0.1, 0.15) is 6.04 Å². The average Bonchev–Trinajstić information content (AvgIpc) is 2.64. The second kappa shape index (κ2) is 7.92. The lowest BCUT2D eigenvalue weighted by atomic mass is 10.1. The van der Waals surface area contributed by atoms with E-state index in [0.717, 1.165) is 0 Å². The van der Waals surface area contributed by atoms with Gasteiger partial charge in [0.05, 0.1) is 25.8 Å². The van der Waals surface area contributed by atoms with E-state index in [2.05, 4.69) is 4.98 Å². The number of aromatic nitrogens is 2. The summed E-state index contributed by atoms with van der Waals surface area (Å²) in [5.41, 5.74) is -1.38. The Labute approximate surface area is 165 Å². The van der Waals surface area contributed by atoms with Crippen molar-refractivity contribution in [3.63, 3.8) is 0 Å². The number of fused-ring (bicyclic) bond motifs is 1. The number of nitrogens with zero attached hydrogens (tertiary/aromatic N) is 4. The van der Waals surface area contributed by atoms with Gasteiger partial charge in [-0.05, 0) is 13.3 Å². The summed E-state index contributed by atoms with van der Waals surface area (Å²) in [5, 5.41) is 0. The number of Topliss-reactive ketones (excluding diaryl/α,β-unsaturated/α-hetero) is 1. The van der Waals surface area contributed by atoms with Crippen molar-refractivity contribution in [2.75, 3.05) is 42.6 Å². The Morgan fingerprint density at radius 3 is 2.59 bits per heavy atom. The lowest BCUT2D eigenvalue weighted by Crippen LogP contribution is -2.50. The number of carbonyl (C=O) groups excluding carboxylic acids is 1. The number of anilines is 2. The van der Waals surface area contributed by atoms with Crippen molar-refractivity contribution in [1.82, 2.24) is 9.55 Å². The van der Waals surface area contributed by atoms with Gasteiger partial charge >= 0.3 is 6.18 Å². The van der Waals surface area contributed by atoms with Gasteiger partial charge in [0.25, 0.3) is 5.56 Å². The zero-order valence-electron chi connectivity index (χ0n) is 16.5. The van der Waals surface area contributed by atoms with E-state index in [-0.39, 0.29) is 62.4 Å². The van der Waals surface area contributed by atoms with Crippen LogP contribution in [0.25, 0.3) is 0 Å². The van der Waals surface area contributed by atoms with E-state index in [1.807, 2.05) is 0 Å². The van der Waals surface area contributed by atoms with E-state index in [4.69, 9.17) is 4.74 Å². The number of carbonyl (C=O) groups is 1. The van der Waals surface area contributed by atoms with E-state index in [0.29, 0.717) is 4.57 Å². The molecule has 29 heavy (non-hydrogen) atoms. The summed E-state index contributed by atoms with van der Waals surface area (Å²) < 4.78 is 61.2. The first kappa shape index (κ1) is 21.5. The Balaban J connectivity index is 2.14. The van der Waals surface area contributed by atoms with Crippen LogP contribution in [0.4, 0.5) is 29.3 Å². The number of alkyl halides is 3. The number of ether oxygens (including phenoxy) is 1. The van der Waals surface area contributed by atoms with Crippen LogP contribution in [-0.2, 0) is 9.53 Å². The van der Waals surface area contributed by atoms with Crippen molar-refractivity contribution in [3.05, 3.63) is 16.2 Å². The molecule has 0 saturated carbocycles. The van der Waals surface area contributed by atoms with Gasteiger partial charge in [0.15, 0.2) is 11.6 Å². The molecule has 0 N–H and O–H groups in total. The number of morpholine rings is 1. The topological polar surface area (TPSA) is 67.7 Å². The van der Waals surface area contributed by atoms with Crippen LogP contribution in [0.1, 0.15) is 33.2 Å². The highest BCUT2D eigenvalue weighted by atomic mass is 19.4. The minimum absolute atomic E-state index is 0.112. The molecular weight excluding hydrogens is 396 g/mol. The molecule has 0 bridgehead atoms. The first-order valence-electron chi connectivity index (χ1n) is 9.53. The second-order valence-corrected chi connectivity index (χ2v) is 7.73. The second-order valence-electron chi connectivity index (χ2n) is 7.73. The van der Waals surface area contributed by atoms with Crippen molar-refractivity contribution in [1.29, 1.82) is 0 Å². The van der Waals surface area contributed by atoms with Gasteiger partial charge in [0.2, 0.25) is 11.8 Å². The summed E-state index contributed by atoms with van der Waals surface area (Å²) in [7, 11) is 0. The minimum atomic E-state index is -4.74. The molecule has 2 aliphatic heterocycles. The van der Waals surface area contributed by atoms with Crippen molar-refractivity contribution in [2.45, 2.75) is 45.5 Å². The molecule has 0 amide bonds. The maximum Gasteiger partial charge on any atom is 0.409 e. The fraction of sp³-hybridized carbons (Fsp3) is 0.722. The maximum absolute atomic E-state index is 14.9. The normalized spacial score (nSPS) is 22.8. The van der Waals surface area contributed by atoms with Gasteiger partial charge in [-0.1, -0.05) is 13.8 Å². The van der Waals surface area contributed by atoms with Crippen LogP contribution in [0.5, 0.6) is 0 Å². The zero-order valence-corrected chi connectivity index (χ0v) is 16.5. The van der Waals surface area contributed by atoms with Crippen LogP contribution in [0, 0.1) is 11.7 Å². The fourth-order valence-corrected chi connectivity index (χ4v) is 3.56. The maximum atomic E-state index is 14.9. The van der Waals surface area contributed by atoms with Gasteiger partial charge in [-0.2, -0.15) is 22.5 Å². The predicted octanol–water partition coefficient (Wildman–Crippen LogP) is 2.15. The molecule has 0 spiro atoms. The van der Waals surface area contributed by atoms with Gasteiger partial charge in [-0.3, -0.25) is 14.2 Å². The van der Waals surface area contributed by atoms with Crippen LogP contribution >= 0.6 is 0 Å². The van der Waals surface area contributed by atoms with Crippen molar-refractivity contribution in [2.24, 2.45) is 5.92 Å². The number of rotatable bonds is 4. The summed E-state index contributed by atoms with van der Waals surface area (Å²) in [5.74, 6) is -2.50. The van der Waals surface area contributed by atoms with Crippen molar-refractivity contribution < 1.29 is 27.1 Å². The van der Waals surface area contributed by atoms with Gasteiger partial charge < -0.3 is 14.5 Å². The third-order valence-corrected chi connectivity index (χ3v) is 5.30. The molecule has 162 valence electrons. The summed E-state index contributed by atoms with van der Waals surface area (Å²) in [6.45, 7) is 5.60. The predicted molar refractivity (Wildman–Crippen MR) is 97.8 cm³/mol. The molecule has 2 atom stereocenters. The lowest BCUT2D eigenvalue weighted by molar-refractivity contribution is -0.171. The highest BCUT2D eigenvalue weighted by Crippen LogP contribution is 2.38. The molecule has 11 heteroatoms. The summed E-state index contributed by atoms with van der Waals surface area (Å²) in [6, 6.07) is -2.49. The third-order valence-electron chi connectivity index (χ3n) is 5.30. The Kier molecular flexibility index (Phi) is 5.88. The molecular formula is C18H24F4N4O3. The van der Waals surface area contributed by atoms with Crippen LogP contribution < -0.4 is 15.4 Å². The molecule has 1 unspecified atom stereocenters. The van der Waals surface area contributed by atoms with Crippen LogP contribution in [0.15, 0.2) is 4.79 Å². The zero-order chi connectivity index (χ0) is 21.5. The Morgan fingerprint density at radius 1 is 1.31 bits per heavy atom. The smallest absolute Gasteiger partial charge is 0.377 e. The number of hydrogen-bond donors (Lipinski definition) is 0. The fourth-order valence-electron chi connectivity index (χ4n) is 3.56. The first-order chi connectivity index (χ1) is 13.5. The standard InChI is InChI=1S/C18H24F4N4O3/c1-10(2)12(27)8-24-5-4-13(18(20,21)22)26-16(28)14(19)15(23-17(24)26)25-6-7-29-9-11(25)3/h10-11,13H,4-9H2,1-3H3/t11-,13?/m1/s1. The number of ketones is 1. The molecule has 3 rings (SSSR count). The van der Waals surface area contributed by atoms with Crippen LogP contribution in [0.3, 0.4) is 0 Å². The molecule has 0 aliphatic carbocycles. The van der Waals surface area contributed by atoms with E-state index < -0.39 is 30.0 Å². The van der Waals surface area contributed by atoms with Gasteiger partial charge in [-0.25, -0.2) is 0 Å².